The summed E-state index contributed by atoms with van der Waals surface area (Å²) in [7, 11) is -1.55. The van der Waals surface area contributed by atoms with Gasteiger partial charge >= 0.3 is 7.12 Å². The molecule has 0 amide bonds. The molecule has 0 saturated heterocycles. The molecule has 1 N–H and O–H groups in total. The van der Waals surface area contributed by atoms with Crippen molar-refractivity contribution in [3.05, 3.63) is 108 Å². The van der Waals surface area contributed by atoms with E-state index in [-0.39, 0.29) is 0 Å². The van der Waals surface area contributed by atoms with Crippen LogP contribution < -0.4 is 0 Å². The van der Waals surface area contributed by atoms with Gasteiger partial charge in [0, 0.05) is 0 Å². The lowest BCUT2D eigenvalue weighted by Crippen LogP contribution is -2.38. The van der Waals surface area contributed by atoms with Crippen molar-refractivity contribution in [1.82, 2.24) is 0 Å². The molecule has 24 heavy (non-hydrogen) atoms. The Hall–Kier alpha value is -2.87. The highest BCUT2D eigenvalue weighted by molar-refractivity contribution is 6.52. The van der Waals surface area contributed by atoms with Crippen LogP contribution in [0, 0.1) is 11.2 Å². The second-order valence-corrected chi connectivity index (χ2v) is 5.38. The highest BCUT2D eigenvalue weighted by atomic mass is 16.5. The molecule has 3 nitrogen and oxygen atoms in total. The van der Waals surface area contributed by atoms with Crippen LogP contribution in [0.15, 0.2) is 91.0 Å². The summed E-state index contributed by atoms with van der Waals surface area (Å²) in [6, 6.07) is 28.9. The van der Waals surface area contributed by atoms with Crippen molar-refractivity contribution >= 4 is 7.12 Å². The van der Waals surface area contributed by atoms with Crippen molar-refractivity contribution in [3.8, 4) is 5.97 Å². The average molecular weight is 313 g/mol. The number of nitriles is 1. The van der Waals surface area contributed by atoms with Gasteiger partial charge in [0.05, 0.1) is 5.97 Å². The third kappa shape index (κ3) is 2.96. The first-order valence-electron chi connectivity index (χ1n) is 7.69. The molecule has 0 aliphatic heterocycles. The number of benzene rings is 3. The Morgan fingerprint density at radius 2 is 1.04 bits per heavy atom. The van der Waals surface area contributed by atoms with Crippen LogP contribution in [0.5, 0.6) is 0 Å². The topological polar surface area (TPSA) is 53.2 Å². The lowest BCUT2D eigenvalue weighted by atomic mass is 9.77. The molecule has 3 aromatic carbocycles. The highest BCUT2D eigenvalue weighted by Crippen LogP contribution is 2.40. The first-order valence-corrected chi connectivity index (χ1v) is 7.69. The van der Waals surface area contributed by atoms with Crippen LogP contribution in [-0.2, 0) is 10.3 Å². The van der Waals surface area contributed by atoms with Gasteiger partial charge in [-0.1, -0.05) is 91.0 Å². The largest absolute Gasteiger partial charge is 0.577 e. The van der Waals surface area contributed by atoms with Crippen molar-refractivity contribution in [3.63, 3.8) is 0 Å². The van der Waals surface area contributed by atoms with Crippen molar-refractivity contribution in [2.24, 2.45) is 0 Å². The number of nitrogens with zero attached hydrogens (tertiary/aromatic N) is 1. The summed E-state index contributed by atoms with van der Waals surface area (Å²) in [6.07, 6.45) is 0. The maximum Gasteiger partial charge on any atom is 0.577 e. The van der Waals surface area contributed by atoms with Gasteiger partial charge in [0.1, 0.15) is 5.60 Å². The quantitative estimate of drug-likeness (QED) is 0.579. The van der Waals surface area contributed by atoms with Gasteiger partial charge in [0.15, 0.2) is 0 Å². The second kappa shape index (κ2) is 7.14. The lowest BCUT2D eigenvalue weighted by molar-refractivity contribution is 0.129. The molecule has 0 heterocycles. The smallest absolute Gasteiger partial charge is 0.415 e. The van der Waals surface area contributed by atoms with Crippen LogP contribution in [0.2, 0.25) is 0 Å². The fraction of sp³-hybridized carbons (Fsp3) is 0.0500. The normalized spacial score (nSPS) is 10.8. The Kier molecular flexibility index (Phi) is 4.76. The maximum absolute atomic E-state index is 9.99. The van der Waals surface area contributed by atoms with Gasteiger partial charge in [0.25, 0.3) is 0 Å². The first kappa shape index (κ1) is 16.0. The summed E-state index contributed by atoms with van der Waals surface area (Å²) in [5, 5.41) is 19.1. The summed E-state index contributed by atoms with van der Waals surface area (Å²) in [5.74, 6) is 1.76. The third-order valence-corrected chi connectivity index (χ3v) is 3.94. The van der Waals surface area contributed by atoms with Crippen molar-refractivity contribution < 1.29 is 9.68 Å². The van der Waals surface area contributed by atoms with Gasteiger partial charge in [-0.05, 0) is 16.7 Å². The highest BCUT2D eigenvalue weighted by Gasteiger charge is 2.40. The van der Waals surface area contributed by atoms with E-state index in [1.165, 1.54) is 0 Å². The van der Waals surface area contributed by atoms with E-state index >= 15 is 0 Å². The number of hydrogen-bond donors (Lipinski definition) is 1. The van der Waals surface area contributed by atoms with Crippen LogP contribution in [0.3, 0.4) is 0 Å². The molecule has 4 heteroatoms. The van der Waals surface area contributed by atoms with E-state index in [9.17, 15) is 5.02 Å². The van der Waals surface area contributed by atoms with Crippen molar-refractivity contribution in [2.75, 3.05) is 0 Å². The molecular formula is C20H16BNO2. The zero-order chi connectivity index (χ0) is 16.8. The van der Waals surface area contributed by atoms with E-state index < -0.39 is 12.7 Å². The van der Waals surface area contributed by atoms with Crippen molar-refractivity contribution in [1.29, 1.82) is 5.26 Å². The van der Waals surface area contributed by atoms with E-state index in [1.807, 2.05) is 91.0 Å². The summed E-state index contributed by atoms with van der Waals surface area (Å²) >= 11 is 0. The SMILES string of the molecule is N#CB(O)OC(c1ccccc1)(c1ccccc1)c1ccccc1. The Labute approximate surface area is 141 Å². The molecule has 0 spiro atoms. The molecule has 0 aliphatic rings. The molecule has 0 fully saturated rings. The molecule has 0 aliphatic carbocycles. The van der Waals surface area contributed by atoms with Crippen LogP contribution in [0.1, 0.15) is 16.7 Å². The zero-order valence-electron chi connectivity index (χ0n) is 13.0. The summed E-state index contributed by atoms with van der Waals surface area (Å²) in [6.45, 7) is 0. The summed E-state index contributed by atoms with van der Waals surface area (Å²) in [5.41, 5.74) is 1.46. The van der Waals surface area contributed by atoms with Gasteiger partial charge in [-0.3, -0.25) is 0 Å². The molecule has 0 bridgehead atoms. The average Bonchev–Trinajstić information content (AvgIpc) is 2.68. The van der Waals surface area contributed by atoms with E-state index in [4.69, 9.17) is 9.92 Å². The zero-order valence-corrected chi connectivity index (χ0v) is 13.0. The van der Waals surface area contributed by atoms with E-state index in [0.717, 1.165) is 16.7 Å². The molecule has 116 valence electrons. The Morgan fingerprint density at radius 3 is 1.33 bits per heavy atom. The molecular weight excluding hydrogens is 297 g/mol. The number of hydrogen-bond acceptors (Lipinski definition) is 3. The Balaban J connectivity index is 2.31. The predicted octanol–water partition coefficient (Wildman–Crippen LogP) is 3.54. The fourth-order valence-corrected chi connectivity index (χ4v) is 2.92. The minimum absolute atomic E-state index is 0.844. The third-order valence-electron chi connectivity index (χ3n) is 3.94. The molecule has 0 unspecified atom stereocenters. The lowest BCUT2D eigenvalue weighted by Gasteiger charge is -2.36. The second-order valence-electron chi connectivity index (χ2n) is 5.38. The first-order chi connectivity index (χ1) is 11.8. The van der Waals surface area contributed by atoms with Crippen LogP contribution in [0.4, 0.5) is 0 Å². The summed E-state index contributed by atoms with van der Waals surface area (Å²) < 4.78 is 5.94. The maximum atomic E-state index is 9.99. The fourth-order valence-electron chi connectivity index (χ4n) is 2.92. The Bertz CT molecular complexity index is 720. The van der Waals surface area contributed by atoms with Gasteiger partial charge in [-0.25, -0.2) is 5.26 Å². The van der Waals surface area contributed by atoms with Gasteiger partial charge < -0.3 is 9.68 Å². The Morgan fingerprint density at radius 1 is 0.708 bits per heavy atom. The minimum Gasteiger partial charge on any atom is -0.415 e. The van der Waals surface area contributed by atoms with Crippen LogP contribution in [-0.4, -0.2) is 12.1 Å². The molecule has 0 saturated carbocycles. The predicted molar refractivity (Wildman–Crippen MR) is 93.9 cm³/mol. The molecule has 0 atom stereocenters. The van der Waals surface area contributed by atoms with E-state index in [2.05, 4.69) is 0 Å². The van der Waals surface area contributed by atoms with Crippen molar-refractivity contribution in [2.45, 2.75) is 5.60 Å². The number of rotatable bonds is 5. The van der Waals surface area contributed by atoms with E-state index in [0.29, 0.717) is 0 Å². The van der Waals surface area contributed by atoms with Gasteiger partial charge in [0.2, 0.25) is 0 Å². The standard InChI is InChI=1S/C20H16BNO2/c22-16-21(23)24-20(17-10-4-1-5-11-17,18-12-6-2-7-13-18)19-14-8-3-9-15-19/h1-15,23H. The van der Waals surface area contributed by atoms with Gasteiger partial charge in [-0.15, -0.1) is 0 Å². The van der Waals surface area contributed by atoms with Crippen LogP contribution >= 0.6 is 0 Å². The molecule has 3 aromatic rings. The molecule has 0 radical (unpaired) electrons. The van der Waals surface area contributed by atoms with Crippen LogP contribution in [0.25, 0.3) is 0 Å². The van der Waals surface area contributed by atoms with E-state index in [1.54, 1.807) is 5.97 Å². The van der Waals surface area contributed by atoms with Gasteiger partial charge in [-0.2, -0.15) is 0 Å². The molecule has 0 aromatic heterocycles. The monoisotopic (exact) mass is 313 g/mol. The summed E-state index contributed by atoms with van der Waals surface area (Å²) in [4.78, 5) is 0. The minimum atomic E-state index is -1.55. The molecule has 3 rings (SSSR count).